The Kier molecular flexibility index (Phi) is 4.39. The number of carbonyl (C=O) groups is 1. The minimum atomic E-state index is -0.498. The topological polar surface area (TPSA) is 38.3 Å². The van der Waals surface area contributed by atoms with Gasteiger partial charge in [0.1, 0.15) is 0 Å². The lowest BCUT2D eigenvalue weighted by molar-refractivity contribution is 0.102. The van der Waals surface area contributed by atoms with Gasteiger partial charge in [-0.3, -0.25) is 4.79 Å². The van der Waals surface area contributed by atoms with Gasteiger partial charge < -0.3 is 10.1 Å². The van der Waals surface area contributed by atoms with Crippen molar-refractivity contribution < 1.29 is 13.9 Å². The molecule has 0 radical (unpaired) electrons. The van der Waals surface area contributed by atoms with Gasteiger partial charge >= 0.3 is 0 Å². The van der Waals surface area contributed by atoms with E-state index in [2.05, 4.69) is 21.2 Å². The summed E-state index contributed by atoms with van der Waals surface area (Å²) in [6, 6.07) is 9.60. The van der Waals surface area contributed by atoms with Crippen molar-refractivity contribution in [1.82, 2.24) is 0 Å². The average molecular weight is 338 g/mol. The summed E-state index contributed by atoms with van der Waals surface area (Å²) in [5.41, 5.74) is 1.98. The van der Waals surface area contributed by atoms with E-state index in [4.69, 9.17) is 4.74 Å². The van der Waals surface area contributed by atoms with Crippen LogP contribution in [0.5, 0.6) is 5.75 Å². The normalized spacial score (nSPS) is 10.2. The van der Waals surface area contributed by atoms with Crippen molar-refractivity contribution in [3.63, 3.8) is 0 Å². The second-order valence-corrected chi connectivity index (χ2v) is 5.18. The number of hydrogen-bond donors (Lipinski definition) is 1. The molecule has 2 aromatic rings. The van der Waals surface area contributed by atoms with Gasteiger partial charge in [0.15, 0.2) is 11.6 Å². The second kappa shape index (κ2) is 6.05. The van der Waals surface area contributed by atoms with E-state index in [-0.39, 0.29) is 11.7 Å². The molecule has 3 nitrogen and oxygen atoms in total. The van der Waals surface area contributed by atoms with E-state index in [1.165, 1.54) is 25.3 Å². The monoisotopic (exact) mass is 337 g/mol. The molecule has 0 aliphatic rings. The number of anilines is 1. The number of rotatable bonds is 3. The van der Waals surface area contributed by atoms with Crippen LogP contribution in [0, 0.1) is 12.7 Å². The highest BCUT2D eigenvalue weighted by Gasteiger charge is 2.11. The first-order valence-corrected chi connectivity index (χ1v) is 6.71. The zero-order chi connectivity index (χ0) is 14.7. The second-order valence-electron chi connectivity index (χ2n) is 4.26. The van der Waals surface area contributed by atoms with Gasteiger partial charge in [-0.2, -0.15) is 0 Å². The van der Waals surface area contributed by atoms with Gasteiger partial charge in [-0.1, -0.05) is 22.0 Å². The molecular formula is C15H13BrFNO2. The summed E-state index contributed by atoms with van der Waals surface area (Å²) in [4.78, 5) is 12.2. The van der Waals surface area contributed by atoms with E-state index >= 15 is 0 Å². The van der Waals surface area contributed by atoms with Gasteiger partial charge in [0, 0.05) is 15.7 Å². The molecule has 1 amide bonds. The van der Waals surface area contributed by atoms with Crippen molar-refractivity contribution in [3.8, 4) is 5.75 Å². The van der Waals surface area contributed by atoms with Gasteiger partial charge in [-0.15, -0.1) is 0 Å². The SMILES string of the molecule is COc1cc(C(=O)Nc2cc(Br)ccc2C)ccc1F. The molecule has 0 fully saturated rings. The maximum Gasteiger partial charge on any atom is 0.255 e. The van der Waals surface area contributed by atoms with E-state index in [0.717, 1.165) is 10.0 Å². The Hall–Kier alpha value is -1.88. The molecule has 0 bridgehead atoms. The van der Waals surface area contributed by atoms with E-state index in [9.17, 15) is 9.18 Å². The van der Waals surface area contributed by atoms with Gasteiger partial charge in [0.05, 0.1) is 7.11 Å². The largest absolute Gasteiger partial charge is 0.494 e. The third-order valence-corrected chi connectivity index (χ3v) is 3.35. The molecule has 104 valence electrons. The fraction of sp³-hybridized carbons (Fsp3) is 0.133. The Balaban J connectivity index is 2.26. The third-order valence-electron chi connectivity index (χ3n) is 2.86. The standard InChI is InChI=1S/C15H13BrFNO2/c1-9-3-5-11(16)8-13(9)18-15(19)10-4-6-12(17)14(7-10)20-2/h3-8H,1-2H3,(H,18,19). The summed E-state index contributed by atoms with van der Waals surface area (Å²) in [7, 11) is 1.36. The van der Waals surface area contributed by atoms with Gasteiger partial charge in [0.25, 0.3) is 5.91 Å². The summed E-state index contributed by atoms with van der Waals surface area (Å²) in [6.07, 6.45) is 0. The number of ether oxygens (including phenoxy) is 1. The lowest BCUT2D eigenvalue weighted by atomic mass is 10.1. The summed E-state index contributed by atoms with van der Waals surface area (Å²) in [5.74, 6) is -0.768. The molecule has 0 aromatic heterocycles. The number of aryl methyl sites for hydroxylation is 1. The first-order valence-electron chi connectivity index (χ1n) is 5.92. The van der Waals surface area contributed by atoms with E-state index in [1.54, 1.807) is 0 Å². The number of carbonyl (C=O) groups excluding carboxylic acids is 1. The summed E-state index contributed by atoms with van der Waals surface area (Å²) < 4.78 is 19.1. The number of hydrogen-bond acceptors (Lipinski definition) is 2. The minimum absolute atomic E-state index is 0.0450. The quantitative estimate of drug-likeness (QED) is 0.913. The molecule has 0 saturated heterocycles. The first-order chi connectivity index (χ1) is 9.51. The van der Waals surface area contributed by atoms with Crippen LogP contribution in [0.2, 0.25) is 0 Å². The highest BCUT2D eigenvalue weighted by molar-refractivity contribution is 9.10. The van der Waals surface area contributed by atoms with E-state index < -0.39 is 5.82 Å². The van der Waals surface area contributed by atoms with Crippen molar-refractivity contribution in [2.45, 2.75) is 6.92 Å². The molecule has 2 aromatic carbocycles. The summed E-state index contributed by atoms with van der Waals surface area (Å²) in [6.45, 7) is 1.90. The minimum Gasteiger partial charge on any atom is -0.494 e. The van der Waals surface area contributed by atoms with Gasteiger partial charge in [-0.25, -0.2) is 4.39 Å². The van der Waals surface area contributed by atoms with Crippen LogP contribution in [0.15, 0.2) is 40.9 Å². The number of halogens is 2. The lowest BCUT2D eigenvalue weighted by Crippen LogP contribution is -2.13. The number of amides is 1. The molecule has 1 N–H and O–H groups in total. The predicted molar refractivity (Wildman–Crippen MR) is 79.8 cm³/mol. The van der Waals surface area contributed by atoms with Crippen molar-refractivity contribution in [2.75, 3.05) is 12.4 Å². The van der Waals surface area contributed by atoms with Crippen LogP contribution in [-0.4, -0.2) is 13.0 Å². The highest BCUT2D eigenvalue weighted by Crippen LogP contribution is 2.23. The number of benzene rings is 2. The molecule has 0 aliphatic heterocycles. The molecule has 5 heteroatoms. The van der Waals surface area contributed by atoms with Crippen LogP contribution >= 0.6 is 15.9 Å². The van der Waals surface area contributed by atoms with Crippen LogP contribution in [-0.2, 0) is 0 Å². The van der Waals surface area contributed by atoms with Crippen molar-refractivity contribution in [3.05, 3.63) is 57.8 Å². The Morgan fingerprint density at radius 3 is 2.70 bits per heavy atom. The molecular weight excluding hydrogens is 325 g/mol. The molecule has 0 heterocycles. The van der Waals surface area contributed by atoms with Crippen molar-refractivity contribution in [1.29, 1.82) is 0 Å². The lowest BCUT2D eigenvalue weighted by Gasteiger charge is -2.10. The fourth-order valence-electron chi connectivity index (χ4n) is 1.72. The van der Waals surface area contributed by atoms with Crippen LogP contribution in [0.4, 0.5) is 10.1 Å². The van der Waals surface area contributed by atoms with Crippen molar-refractivity contribution >= 4 is 27.5 Å². The zero-order valence-corrected chi connectivity index (χ0v) is 12.6. The maximum atomic E-state index is 13.3. The molecule has 0 saturated carbocycles. The van der Waals surface area contributed by atoms with Crippen LogP contribution in [0.3, 0.4) is 0 Å². The molecule has 0 atom stereocenters. The first kappa shape index (κ1) is 14.5. The van der Waals surface area contributed by atoms with Crippen molar-refractivity contribution in [2.24, 2.45) is 0 Å². The van der Waals surface area contributed by atoms with E-state index in [0.29, 0.717) is 11.3 Å². The Bertz CT molecular complexity index is 658. The Morgan fingerprint density at radius 1 is 1.25 bits per heavy atom. The molecule has 0 aliphatic carbocycles. The third kappa shape index (κ3) is 3.17. The van der Waals surface area contributed by atoms with Crippen LogP contribution in [0.1, 0.15) is 15.9 Å². The van der Waals surface area contributed by atoms with Crippen LogP contribution in [0.25, 0.3) is 0 Å². The maximum absolute atomic E-state index is 13.3. The predicted octanol–water partition coefficient (Wildman–Crippen LogP) is 4.16. The van der Waals surface area contributed by atoms with E-state index in [1.807, 2.05) is 25.1 Å². The zero-order valence-electron chi connectivity index (χ0n) is 11.0. The number of nitrogens with one attached hydrogen (secondary N) is 1. The molecule has 0 spiro atoms. The molecule has 0 unspecified atom stereocenters. The summed E-state index contributed by atoms with van der Waals surface area (Å²) >= 11 is 3.35. The smallest absolute Gasteiger partial charge is 0.255 e. The van der Waals surface area contributed by atoms with Crippen LogP contribution < -0.4 is 10.1 Å². The molecule has 20 heavy (non-hydrogen) atoms. The highest BCUT2D eigenvalue weighted by atomic mass is 79.9. The van der Waals surface area contributed by atoms with Gasteiger partial charge in [0.2, 0.25) is 0 Å². The Morgan fingerprint density at radius 2 is 2.00 bits per heavy atom. The molecule has 2 rings (SSSR count). The van der Waals surface area contributed by atoms with Gasteiger partial charge in [-0.05, 0) is 42.8 Å². The Labute approximate surface area is 124 Å². The number of methoxy groups -OCH3 is 1. The summed E-state index contributed by atoms with van der Waals surface area (Å²) in [5, 5.41) is 2.79. The average Bonchev–Trinajstić information content (AvgIpc) is 2.43. The fourth-order valence-corrected chi connectivity index (χ4v) is 2.09.